The van der Waals surface area contributed by atoms with Gasteiger partial charge in [-0.3, -0.25) is 9.36 Å². The maximum Gasteiger partial charge on any atom is 0.351 e. The largest absolute Gasteiger partial charge is 0.495 e. The quantitative estimate of drug-likeness (QED) is 0.725. The summed E-state index contributed by atoms with van der Waals surface area (Å²) in [6, 6.07) is 4.82. The lowest BCUT2D eigenvalue weighted by Gasteiger charge is -2.08. The third-order valence-corrected chi connectivity index (χ3v) is 2.54. The van der Waals surface area contributed by atoms with Crippen LogP contribution < -0.4 is 21.7 Å². The van der Waals surface area contributed by atoms with Crippen LogP contribution in [0, 0.1) is 0 Å². The Morgan fingerprint density at radius 1 is 1.33 bits per heavy atom. The van der Waals surface area contributed by atoms with Crippen molar-refractivity contribution in [2.45, 2.75) is 0 Å². The van der Waals surface area contributed by atoms with Crippen LogP contribution in [0.3, 0.4) is 0 Å². The van der Waals surface area contributed by atoms with E-state index in [2.05, 4.69) is 5.10 Å². The summed E-state index contributed by atoms with van der Waals surface area (Å²) in [5.74, 6) is 0.511. The molecule has 0 aliphatic rings. The fourth-order valence-electron chi connectivity index (χ4n) is 1.51. The smallest absolute Gasteiger partial charge is 0.351 e. The normalized spacial score (nSPS) is 10.3. The van der Waals surface area contributed by atoms with Gasteiger partial charge in [-0.2, -0.15) is 9.78 Å². The summed E-state index contributed by atoms with van der Waals surface area (Å²) >= 11 is 0. The molecule has 2 rings (SSSR count). The molecular weight excluding hydrogens is 236 g/mol. The minimum atomic E-state index is -0.535. The number of nitrogens with two attached hydrogens (primary N) is 1. The van der Waals surface area contributed by atoms with Gasteiger partial charge in [-0.05, 0) is 18.2 Å². The fourth-order valence-corrected chi connectivity index (χ4v) is 1.51. The van der Waals surface area contributed by atoms with Crippen LogP contribution in [0.15, 0.2) is 34.0 Å². The Bertz CT molecular complexity index is 702. The van der Waals surface area contributed by atoms with Crippen molar-refractivity contribution in [3.8, 4) is 11.4 Å². The monoisotopic (exact) mass is 248 g/mol. The highest BCUT2D eigenvalue weighted by Gasteiger charge is 2.07. The lowest BCUT2D eigenvalue weighted by Crippen LogP contribution is -2.38. The minimum Gasteiger partial charge on any atom is -0.495 e. The molecule has 7 nitrogen and oxygen atoms in total. The number of hydrogen-bond donors (Lipinski definition) is 1. The summed E-state index contributed by atoms with van der Waals surface area (Å²) in [7, 11) is 2.89. The Morgan fingerprint density at radius 2 is 2.06 bits per heavy atom. The second-order valence-corrected chi connectivity index (χ2v) is 3.66. The lowest BCUT2D eigenvalue weighted by molar-refractivity contribution is 0.417. The number of anilines is 1. The van der Waals surface area contributed by atoms with E-state index in [1.807, 2.05) is 0 Å². The maximum atomic E-state index is 11.8. The molecule has 1 heterocycles. The first-order chi connectivity index (χ1) is 8.54. The molecule has 1 aromatic carbocycles. The first-order valence-electron chi connectivity index (χ1n) is 5.14. The van der Waals surface area contributed by atoms with Gasteiger partial charge in [0.2, 0.25) is 0 Å². The van der Waals surface area contributed by atoms with Gasteiger partial charge in [0.15, 0.2) is 0 Å². The summed E-state index contributed by atoms with van der Waals surface area (Å²) in [5, 5.41) is 3.78. The fraction of sp³-hybridized carbons (Fsp3) is 0.182. The van der Waals surface area contributed by atoms with E-state index in [1.54, 1.807) is 18.2 Å². The third-order valence-electron chi connectivity index (χ3n) is 2.54. The number of aromatic nitrogens is 3. The van der Waals surface area contributed by atoms with Crippen LogP contribution in [0.2, 0.25) is 0 Å². The molecule has 2 N–H and O–H groups in total. The van der Waals surface area contributed by atoms with E-state index in [0.29, 0.717) is 17.1 Å². The summed E-state index contributed by atoms with van der Waals surface area (Å²) in [6.07, 6.45) is 1.07. The molecule has 7 heteroatoms. The van der Waals surface area contributed by atoms with Gasteiger partial charge in [-0.25, -0.2) is 4.79 Å². The van der Waals surface area contributed by atoms with Crippen molar-refractivity contribution in [3.05, 3.63) is 45.2 Å². The molecule has 1 aromatic heterocycles. The van der Waals surface area contributed by atoms with Gasteiger partial charge in [0.1, 0.15) is 11.9 Å². The number of hydrogen-bond acceptors (Lipinski definition) is 5. The molecule has 0 bridgehead atoms. The van der Waals surface area contributed by atoms with Crippen LogP contribution in [-0.2, 0) is 7.05 Å². The van der Waals surface area contributed by atoms with E-state index in [1.165, 1.54) is 14.2 Å². The molecule has 0 aliphatic heterocycles. The number of rotatable bonds is 2. The van der Waals surface area contributed by atoms with Gasteiger partial charge in [-0.1, -0.05) is 0 Å². The van der Waals surface area contributed by atoms with Crippen molar-refractivity contribution in [2.75, 3.05) is 12.8 Å². The summed E-state index contributed by atoms with van der Waals surface area (Å²) in [4.78, 5) is 23.1. The highest BCUT2D eigenvalue weighted by molar-refractivity contribution is 5.57. The van der Waals surface area contributed by atoms with Crippen LogP contribution >= 0.6 is 0 Å². The molecule has 0 unspecified atom stereocenters. The molecule has 18 heavy (non-hydrogen) atoms. The topological polar surface area (TPSA) is 92.1 Å². The van der Waals surface area contributed by atoms with Gasteiger partial charge in [-0.15, -0.1) is 0 Å². The van der Waals surface area contributed by atoms with E-state index in [-0.39, 0.29) is 0 Å². The molecule has 2 aromatic rings. The summed E-state index contributed by atoms with van der Waals surface area (Å²) in [6.45, 7) is 0. The molecule has 0 saturated heterocycles. The number of nitrogens with zero attached hydrogens (tertiary/aromatic N) is 3. The van der Waals surface area contributed by atoms with Crippen molar-refractivity contribution < 1.29 is 4.74 Å². The second kappa shape index (κ2) is 4.36. The Morgan fingerprint density at radius 3 is 2.67 bits per heavy atom. The van der Waals surface area contributed by atoms with Gasteiger partial charge >= 0.3 is 5.69 Å². The number of ether oxygens (including phenoxy) is 1. The minimum absolute atomic E-state index is 0.387. The van der Waals surface area contributed by atoms with Crippen LogP contribution in [-0.4, -0.2) is 21.5 Å². The Balaban J connectivity index is 2.63. The van der Waals surface area contributed by atoms with Crippen molar-refractivity contribution in [2.24, 2.45) is 7.05 Å². The predicted molar refractivity (Wildman–Crippen MR) is 66.0 cm³/mol. The first kappa shape index (κ1) is 11.9. The first-order valence-corrected chi connectivity index (χ1v) is 5.14. The standard InChI is InChI=1S/C11H12N4O3/c1-14-10(16)6-13-15(11(14)17)7-3-4-9(18-2)8(12)5-7/h3-6H,12H2,1-2H3. The van der Waals surface area contributed by atoms with Crippen LogP contribution in [0.1, 0.15) is 0 Å². The highest BCUT2D eigenvalue weighted by Crippen LogP contribution is 2.22. The molecule has 0 spiro atoms. The second-order valence-electron chi connectivity index (χ2n) is 3.66. The van der Waals surface area contributed by atoms with Crippen LogP contribution in [0.25, 0.3) is 5.69 Å². The van der Waals surface area contributed by atoms with E-state index in [0.717, 1.165) is 15.4 Å². The zero-order valence-electron chi connectivity index (χ0n) is 9.95. The molecule has 0 atom stereocenters. The number of nitrogen functional groups attached to an aromatic ring is 1. The maximum absolute atomic E-state index is 11.8. The highest BCUT2D eigenvalue weighted by atomic mass is 16.5. The number of benzene rings is 1. The summed E-state index contributed by atoms with van der Waals surface area (Å²) in [5.41, 5.74) is 5.61. The van der Waals surface area contributed by atoms with Gasteiger partial charge in [0, 0.05) is 7.05 Å². The van der Waals surface area contributed by atoms with Gasteiger partial charge in [0.25, 0.3) is 5.56 Å². The van der Waals surface area contributed by atoms with Crippen LogP contribution in [0.4, 0.5) is 5.69 Å². The van der Waals surface area contributed by atoms with Crippen LogP contribution in [0.5, 0.6) is 5.75 Å². The molecule has 0 aliphatic carbocycles. The Kier molecular flexibility index (Phi) is 2.88. The van der Waals surface area contributed by atoms with E-state index >= 15 is 0 Å². The summed E-state index contributed by atoms with van der Waals surface area (Å²) < 4.78 is 7.08. The average molecular weight is 248 g/mol. The third kappa shape index (κ3) is 1.86. The lowest BCUT2D eigenvalue weighted by atomic mass is 10.2. The average Bonchev–Trinajstić information content (AvgIpc) is 2.36. The van der Waals surface area contributed by atoms with Gasteiger partial charge < -0.3 is 10.5 Å². The molecular formula is C11H12N4O3. The zero-order chi connectivity index (χ0) is 13.3. The van der Waals surface area contributed by atoms with E-state index in [4.69, 9.17) is 10.5 Å². The predicted octanol–water partition coefficient (Wildman–Crippen LogP) is -0.478. The molecule has 0 amide bonds. The number of methoxy groups -OCH3 is 1. The molecule has 0 radical (unpaired) electrons. The zero-order valence-corrected chi connectivity index (χ0v) is 9.95. The van der Waals surface area contributed by atoms with E-state index in [9.17, 15) is 9.59 Å². The van der Waals surface area contributed by atoms with E-state index < -0.39 is 11.2 Å². The Labute approximate surface area is 102 Å². The molecule has 94 valence electrons. The van der Waals surface area contributed by atoms with Crippen molar-refractivity contribution in [1.29, 1.82) is 0 Å². The Hall–Kier alpha value is -2.57. The van der Waals surface area contributed by atoms with Crippen molar-refractivity contribution in [1.82, 2.24) is 14.3 Å². The molecule has 0 saturated carbocycles. The van der Waals surface area contributed by atoms with Crippen molar-refractivity contribution in [3.63, 3.8) is 0 Å². The molecule has 0 fully saturated rings. The van der Waals surface area contributed by atoms with Crippen molar-refractivity contribution >= 4 is 5.69 Å². The SMILES string of the molecule is COc1ccc(-n2ncc(=O)n(C)c2=O)cc1N. The van der Waals surface area contributed by atoms with Gasteiger partial charge in [0.05, 0.1) is 18.5 Å².